The minimum atomic E-state index is -1.37. The predicted octanol–water partition coefficient (Wildman–Crippen LogP) is 3.11. The van der Waals surface area contributed by atoms with Crippen molar-refractivity contribution in [3.05, 3.63) is 34.6 Å². The van der Waals surface area contributed by atoms with Crippen LogP contribution in [0, 0.1) is 22.6 Å². The first kappa shape index (κ1) is 14.5. The van der Waals surface area contributed by atoms with Crippen molar-refractivity contribution in [3.8, 4) is 6.07 Å². The summed E-state index contributed by atoms with van der Waals surface area (Å²) in [7, 11) is 0. The summed E-state index contributed by atoms with van der Waals surface area (Å²) in [6, 6.07) is 6.19. The van der Waals surface area contributed by atoms with Gasteiger partial charge in [0.2, 0.25) is 0 Å². The van der Waals surface area contributed by atoms with Gasteiger partial charge in [0, 0.05) is 6.42 Å². The molecule has 0 saturated carbocycles. The number of benzene rings is 1. The second-order valence-electron chi connectivity index (χ2n) is 4.05. The summed E-state index contributed by atoms with van der Waals surface area (Å²) in [5, 5.41) is 9.05. The van der Waals surface area contributed by atoms with Crippen LogP contribution in [-0.4, -0.2) is 12.6 Å². The molecule has 0 fully saturated rings. The zero-order valence-electron chi connectivity index (χ0n) is 10.2. The molecule has 0 spiro atoms. The fraction of sp³-hybridized carbons (Fsp3) is 0.385. The van der Waals surface area contributed by atoms with Crippen LogP contribution in [0.4, 0.5) is 4.39 Å². The van der Waals surface area contributed by atoms with Crippen molar-refractivity contribution >= 4 is 17.6 Å². The Bertz CT molecular complexity index is 498. The van der Waals surface area contributed by atoms with Gasteiger partial charge in [-0.15, -0.1) is 0 Å². The largest absolute Gasteiger partial charge is 0.465 e. The topological polar surface area (TPSA) is 50.1 Å². The third kappa shape index (κ3) is 2.99. The number of esters is 1. The van der Waals surface area contributed by atoms with Crippen LogP contribution in [0.25, 0.3) is 0 Å². The molecule has 0 aliphatic carbocycles. The molecule has 1 atom stereocenters. The first-order valence-electron chi connectivity index (χ1n) is 5.46. The molecular weight excluding hydrogens is 257 g/mol. The molecule has 18 heavy (non-hydrogen) atoms. The van der Waals surface area contributed by atoms with E-state index in [1.54, 1.807) is 13.0 Å². The Morgan fingerprint density at radius 3 is 2.83 bits per heavy atom. The minimum absolute atomic E-state index is 0.0128. The Hall–Kier alpha value is -1.60. The summed E-state index contributed by atoms with van der Waals surface area (Å²) in [5.41, 5.74) is -0.957. The molecule has 0 N–H and O–H groups in total. The standard InChI is InChI=1S/C13H13ClFNO2/c1-3-18-12(17)13(2,8-16)7-9-5-4-6-10(15)11(9)14/h4-6H,3,7H2,1-2H3. The van der Waals surface area contributed by atoms with Crippen LogP contribution in [0.3, 0.4) is 0 Å². The number of halogens is 2. The minimum Gasteiger partial charge on any atom is -0.465 e. The van der Waals surface area contributed by atoms with E-state index in [4.69, 9.17) is 21.6 Å². The fourth-order valence-corrected chi connectivity index (χ4v) is 1.71. The van der Waals surface area contributed by atoms with Crippen LogP contribution >= 0.6 is 11.6 Å². The molecule has 0 aromatic heterocycles. The highest BCUT2D eigenvalue weighted by molar-refractivity contribution is 6.31. The number of carbonyl (C=O) groups excluding carboxylic acids is 1. The van der Waals surface area contributed by atoms with Gasteiger partial charge in [-0.05, 0) is 25.5 Å². The maximum atomic E-state index is 13.3. The van der Waals surface area contributed by atoms with Crippen LogP contribution in [0.5, 0.6) is 0 Å². The first-order valence-corrected chi connectivity index (χ1v) is 5.83. The van der Waals surface area contributed by atoms with Crippen LogP contribution in [0.2, 0.25) is 5.02 Å². The third-order valence-corrected chi connectivity index (χ3v) is 2.97. The number of nitrogens with zero attached hydrogens (tertiary/aromatic N) is 1. The molecular formula is C13H13ClFNO2. The van der Waals surface area contributed by atoms with Crippen molar-refractivity contribution in [1.29, 1.82) is 5.26 Å². The van der Waals surface area contributed by atoms with Crippen molar-refractivity contribution in [1.82, 2.24) is 0 Å². The van der Waals surface area contributed by atoms with E-state index >= 15 is 0 Å². The lowest BCUT2D eigenvalue weighted by Gasteiger charge is -2.20. The van der Waals surface area contributed by atoms with E-state index < -0.39 is 17.2 Å². The van der Waals surface area contributed by atoms with Crippen LogP contribution in [0.15, 0.2) is 18.2 Å². The van der Waals surface area contributed by atoms with Gasteiger partial charge < -0.3 is 4.74 Å². The number of nitriles is 1. The average molecular weight is 270 g/mol. The van der Waals surface area contributed by atoms with E-state index in [9.17, 15) is 9.18 Å². The molecule has 0 heterocycles. The number of ether oxygens (including phenoxy) is 1. The fourth-order valence-electron chi connectivity index (χ4n) is 1.51. The first-order chi connectivity index (χ1) is 8.44. The highest BCUT2D eigenvalue weighted by atomic mass is 35.5. The maximum Gasteiger partial charge on any atom is 0.326 e. The van der Waals surface area contributed by atoms with E-state index in [-0.39, 0.29) is 18.1 Å². The molecule has 1 aromatic carbocycles. The molecule has 1 rings (SSSR count). The molecule has 0 radical (unpaired) electrons. The van der Waals surface area contributed by atoms with Gasteiger partial charge in [0.25, 0.3) is 0 Å². The molecule has 0 aliphatic rings. The van der Waals surface area contributed by atoms with E-state index in [0.29, 0.717) is 5.56 Å². The average Bonchev–Trinajstić information content (AvgIpc) is 2.35. The lowest BCUT2D eigenvalue weighted by molar-refractivity contribution is -0.151. The molecule has 1 aromatic rings. The van der Waals surface area contributed by atoms with Crippen LogP contribution in [0.1, 0.15) is 19.4 Å². The monoisotopic (exact) mass is 269 g/mol. The van der Waals surface area contributed by atoms with Crippen molar-refractivity contribution in [3.63, 3.8) is 0 Å². The zero-order chi connectivity index (χ0) is 13.8. The molecule has 0 amide bonds. The molecule has 1 unspecified atom stereocenters. The van der Waals surface area contributed by atoms with Crippen molar-refractivity contribution < 1.29 is 13.9 Å². The van der Waals surface area contributed by atoms with Crippen LogP contribution < -0.4 is 0 Å². The third-order valence-electron chi connectivity index (χ3n) is 2.55. The summed E-state index contributed by atoms with van der Waals surface area (Å²) >= 11 is 5.80. The number of hydrogen-bond acceptors (Lipinski definition) is 3. The molecule has 0 aliphatic heterocycles. The van der Waals surface area contributed by atoms with Gasteiger partial charge in [0.1, 0.15) is 5.82 Å². The number of rotatable bonds is 4. The van der Waals surface area contributed by atoms with Gasteiger partial charge in [0.05, 0.1) is 17.7 Å². The van der Waals surface area contributed by atoms with E-state index in [2.05, 4.69) is 0 Å². The van der Waals surface area contributed by atoms with Crippen LogP contribution in [-0.2, 0) is 16.0 Å². The second kappa shape index (κ2) is 5.83. The van der Waals surface area contributed by atoms with Gasteiger partial charge in [-0.1, -0.05) is 23.7 Å². The van der Waals surface area contributed by atoms with E-state index in [1.807, 2.05) is 6.07 Å². The van der Waals surface area contributed by atoms with Gasteiger partial charge in [0.15, 0.2) is 5.41 Å². The van der Waals surface area contributed by atoms with Gasteiger partial charge >= 0.3 is 5.97 Å². The van der Waals surface area contributed by atoms with Gasteiger partial charge in [-0.3, -0.25) is 4.79 Å². The summed E-state index contributed by atoms with van der Waals surface area (Å²) in [4.78, 5) is 11.7. The van der Waals surface area contributed by atoms with E-state index in [0.717, 1.165) is 0 Å². The zero-order valence-corrected chi connectivity index (χ0v) is 10.9. The number of carbonyl (C=O) groups is 1. The Balaban J connectivity index is 3.03. The highest BCUT2D eigenvalue weighted by Crippen LogP contribution is 2.29. The maximum absolute atomic E-state index is 13.3. The Kier molecular flexibility index (Phi) is 4.69. The Labute approximate surface area is 110 Å². The lowest BCUT2D eigenvalue weighted by atomic mass is 9.85. The number of hydrogen-bond donors (Lipinski definition) is 0. The summed E-state index contributed by atoms with van der Waals surface area (Å²) in [5.74, 6) is -1.20. The van der Waals surface area contributed by atoms with Gasteiger partial charge in [-0.2, -0.15) is 5.26 Å². The quantitative estimate of drug-likeness (QED) is 0.789. The Morgan fingerprint density at radius 2 is 2.28 bits per heavy atom. The smallest absolute Gasteiger partial charge is 0.326 e. The molecule has 0 saturated heterocycles. The second-order valence-corrected chi connectivity index (χ2v) is 4.43. The Morgan fingerprint density at radius 1 is 1.61 bits per heavy atom. The SMILES string of the molecule is CCOC(=O)C(C)(C#N)Cc1cccc(F)c1Cl. The summed E-state index contributed by atoms with van der Waals surface area (Å²) < 4.78 is 18.1. The van der Waals surface area contributed by atoms with E-state index in [1.165, 1.54) is 19.1 Å². The summed E-state index contributed by atoms with van der Waals surface area (Å²) in [6.07, 6.45) is 0.0128. The van der Waals surface area contributed by atoms with Crippen molar-refractivity contribution in [2.75, 3.05) is 6.61 Å². The molecule has 0 bridgehead atoms. The predicted molar refractivity (Wildman–Crippen MR) is 65.5 cm³/mol. The highest BCUT2D eigenvalue weighted by Gasteiger charge is 2.36. The molecule has 3 nitrogen and oxygen atoms in total. The normalized spacial score (nSPS) is 13.5. The summed E-state index contributed by atoms with van der Waals surface area (Å²) in [6.45, 7) is 3.30. The lowest BCUT2D eigenvalue weighted by Crippen LogP contribution is -2.30. The van der Waals surface area contributed by atoms with Gasteiger partial charge in [-0.25, -0.2) is 4.39 Å². The molecule has 96 valence electrons. The molecule has 5 heteroatoms. The van der Waals surface area contributed by atoms with Crippen molar-refractivity contribution in [2.45, 2.75) is 20.3 Å². The van der Waals surface area contributed by atoms with Crippen molar-refractivity contribution in [2.24, 2.45) is 5.41 Å².